The Hall–Kier alpha value is -2.16. The van der Waals surface area contributed by atoms with Crippen molar-refractivity contribution in [3.8, 4) is 0 Å². The first-order valence-electron chi connectivity index (χ1n) is 10.4. The molecule has 2 aliphatic rings. The van der Waals surface area contributed by atoms with Gasteiger partial charge >= 0.3 is 0 Å². The normalized spacial score (nSPS) is 18.9. The van der Waals surface area contributed by atoms with E-state index in [2.05, 4.69) is 10.0 Å². The van der Waals surface area contributed by atoms with Crippen molar-refractivity contribution in [1.29, 1.82) is 0 Å². The Morgan fingerprint density at radius 1 is 1.00 bits per heavy atom. The third-order valence-electron chi connectivity index (χ3n) is 6.03. The molecule has 0 unspecified atom stereocenters. The zero-order valence-corrected chi connectivity index (χ0v) is 19.4. The van der Waals surface area contributed by atoms with Gasteiger partial charge in [-0.05, 0) is 77.7 Å². The molecule has 0 bridgehead atoms. The maximum absolute atomic E-state index is 13.1. The zero-order chi connectivity index (χ0) is 22.5. The van der Waals surface area contributed by atoms with Crippen molar-refractivity contribution < 1.29 is 13.2 Å². The molecular weight excluding hydrogens is 469 g/mol. The van der Waals surface area contributed by atoms with Gasteiger partial charge in [-0.3, -0.25) is 4.79 Å². The number of nitrogens with zero attached hydrogens (tertiary/aromatic N) is 1. The van der Waals surface area contributed by atoms with E-state index in [0.29, 0.717) is 28.7 Å². The van der Waals surface area contributed by atoms with Crippen LogP contribution >= 0.6 is 23.2 Å². The molecule has 32 heavy (non-hydrogen) atoms. The van der Waals surface area contributed by atoms with Gasteiger partial charge in [0.15, 0.2) is 0 Å². The Bertz CT molecular complexity index is 1340. The molecule has 1 amide bonds. The van der Waals surface area contributed by atoms with Crippen LogP contribution in [-0.2, 0) is 27.8 Å². The third kappa shape index (κ3) is 4.00. The lowest BCUT2D eigenvalue weighted by Gasteiger charge is -2.23. The molecule has 1 fully saturated rings. The van der Waals surface area contributed by atoms with Crippen LogP contribution in [0.3, 0.4) is 0 Å². The molecule has 0 aliphatic carbocycles. The lowest BCUT2D eigenvalue weighted by molar-refractivity contribution is -0.118. The van der Waals surface area contributed by atoms with E-state index in [-0.39, 0.29) is 10.8 Å². The summed E-state index contributed by atoms with van der Waals surface area (Å²) in [7, 11) is -3.88. The molecule has 1 atom stereocenters. The van der Waals surface area contributed by atoms with E-state index >= 15 is 0 Å². The van der Waals surface area contributed by atoms with Gasteiger partial charge < -0.3 is 10.2 Å². The fourth-order valence-corrected chi connectivity index (χ4v) is 6.07. The van der Waals surface area contributed by atoms with Gasteiger partial charge in [0.2, 0.25) is 15.9 Å². The summed E-state index contributed by atoms with van der Waals surface area (Å²) in [6, 6.07) is 13.1. The van der Waals surface area contributed by atoms with E-state index < -0.39 is 16.1 Å². The highest BCUT2D eigenvalue weighted by Gasteiger charge is 2.37. The minimum atomic E-state index is -3.88. The van der Waals surface area contributed by atoms with E-state index in [0.717, 1.165) is 41.4 Å². The molecular formula is C23H21Cl2N3O3S. The Balaban J connectivity index is 1.38. The minimum Gasteiger partial charge on any atom is -0.312 e. The van der Waals surface area contributed by atoms with E-state index in [4.69, 9.17) is 23.2 Å². The van der Waals surface area contributed by atoms with Gasteiger partial charge in [0, 0.05) is 18.1 Å². The van der Waals surface area contributed by atoms with Gasteiger partial charge in [-0.1, -0.05) is 35.3 Å². The first kappa shape index (κ1) is 21.7. The average Bonchev–Trinajstić information content (AvgIpc) is 3.12. The van der Waals surface area contributed by atoms with Crippen LogP contribution in [0, 0.1) is 0 Å². The Labute approximate surface area is 196 Å². The van der Waals surface area contributed by atoms with E-state index in [1.165, 1.54) is 6.07 Å². The van der Waals surface area contributed by atoms with Gasteiger partial charge in [-0.25, -0.2) is 8.42 Å². The summed E-state index contributed by atoms with van der Waals surface area (Å²) >= 11 is 12.5. The van der Waals surface area contributed by atoms with Crippen LogP contribution in [0.1, 0.15) is 17.5 Å². The highest BCUT2D eigenvalue weighted by Crippen LogP contribution is 2.34. The van der Waals surface area contributed by atoms with Crippen LogP contribution in [0.4, 0.5) is 5.69 Å². The molecule has 0 saturated carbocycles. The number of carbonyl (C=O) groups is 1. The number of amides is 1. The highest BCUT2D eigenvalue weighted by atomic mass is 35.5. The molecule has 2 aliphatic heterocycles. The van der Waals surface area contributed by atoms with Gasteiger partial charge in [0.1, 0.15) is 6.04 Å². The smallest absolute Gasteiger partial charge is 0.245 e. The Morgan fingerprint density at radius 2 is 1.78 bits per heavy atom. The predicted octanol–water partition coefficient (Wildman–Crippen LogP) is 3.88. The number of hydrogen-bond donors (Lipinski definition) is 2. The first-order valence-corrected chi connectivity index (χ1v) is 12.6. The monoisotopic (exact) mass is 489 g/mol. The minimum absolute atomic E-state index is 0.109. The van der Waals surface area contributed by atoms with Crippen LogP contribution in [0.5, 0.6) is 0 Å². The van der Waals surface area contributed by atoms with Crippen molar-refractivity contribution >= 4 is 55.6 Å². The SMILES string of the molecule is O=C1[C@@H](NS(=O)(=O)c2ccc3cc(Cl)ccc3c2)CCN1c1cc2c(cc1Cl)CNCC2. The lowest BCUT2D eigenvalue weighted by Crippen LogP contribution is -2.41. The fraction of sp³-hybridized carbons (Fsp3) is 0.261. The molecule has 6 nitrogen and oxygen atoms in total. The number of benzene rings is 3. The molecule has 3 aromatic rings. The van der Waals surface area contributed by atoms with E-state index in [1.54, 1.807) is 35.2 Å². The molecule has 2 heterocycles. The number of rotatable bonds is 4. The van der Waals surface area contributed by atoms with Crippen molar-refractivity contribution in [1.82, 2.24) is 10.0 Å². The Kier molecular flexibility index (Phi) is 5.63. The summed E-state index contributed by atoms with van der Waals surface area (Å²) in [6.07, 6.45) is 1.24. The van der Waals surface area contributed by atoms with Crippen LogP contribution < -0.4 is 14.9 Å². The van der Waals surface area contributed by atoms with Crippen LogP contribution in [0.15, 0.2) is 53.4 Å². The topological polar surface area (TPSA) is 78.5 Å². The fourth-order valence-electron chi connectivity index (χ4n) is 4.34. The molecule has 1 saturated heterocycles. The summed E-state index contributed by atoms with van der Waals surface area (Å²) in [5.74, 6) is -0.295. The number of halogens is 2. The summed E-state index contributed by atoms with van der Waals surface area (Å²) in [5, 5.41) is 5.99. The summed E-state index contributed by atoms with van der Waals surface area (Å²) < 4.78 is 28.6. The molecule has 0 spiro atoms. The number of sulfonamides is 1. The van der Waals surface area contributed by atoms with Crippen LogP contribution in [-0.4, -0.2) is 33.5 Å². The van der Waals surface area contributed by atoms with Gasteiger partial charge in [-0.2, -0.15) is 4.72 Å². The summed E-state index contributed by atoms with van der Waals surface area (Å²) in [5.41, 5.74) is 2.93. The molecule has 166 valence electrons. The lowest BCUT2D eigenvalue weighted by atomic mass is 10.00. The average molecular weight is 490 g/mol. The molecule has 0 aromatic heterocycles. The third-order valence-corrected chi connectivity index (χ3v) is 8.04. The molecule has 5 rings (SSSR count). The number of fused-ring (bicyclic) bond motifs is 2. The second kappa shape index (κ2) is 8.32. The van der Waals surface area contributed by atoms with Crippen molar-refractivity contribution in [2.45, 2.75) is 30.3 Å². The number of nitrogens with one attached hydrogen (secondary N) is 2. The van der Waals surface area contributed by atoms with Crippen molar-refractivity contribution in [2.24, 2.45) is 0 Å². The van der Waals surface area contributed by atoms with Gasteiger partial charge in [0.05, 0.1) is 15.6 Å². The van der Waals surface area contributed by atoms with Crippen molar-refractivity contribution in [3.63, 3.8) is 0 Å². The maximum atomic E-state index is 13.1. The molecule has 9 heteroatoms. The standard InChI is InChI=1S/C23H21Cl2N3O3S/c24-18-3-1-15-10-19(4-2-14(15)9-18)32(30,31)27-21-6-8-28(23(21)29)22-12-16-5-7-26-13-17(16)11-20(22)25/h1-4,9-12,21,26-27H,5-8,13H2/t21-/m0/s1. The van der Waals surface area contributed by atoms with Crippen LogP contribution in [0.2, 0.25) is 10.0 Å². The van der Waals surface area contributed by atoms with E-state index in [1.807, 2.05) is 12.1 Å². The summed E-state index contributed by atoms with van der Waals surface area (Å²) in [4.78, 5) is 14.8. The van der Waals surface area contributed by atoms with Gasteiger partial charge in [0.25, 0.3) is 0 Å². The van der Waals surface area contributed by atoms with Crippen molar-refractivity contribution in [3.05, 3.63) is 69.7 Å². The highest BCUT2D eigenvalue weighted by molar-refractivity contribution is 7.89. The Morgan fingerprint density at radius 3 is 2.62 bits per heavy atom. The quantitative estimate of drug-likeness (QED) is 0.582. The molecule has 2 N–H and O–H groups in total. The van der Waals surface area contributed by atoms with Gasteiger partial charge in [-0.15, -0.1) is 0 Å². The predicted molar refractivity (Wildman–Crippen MR) is 127 cm³/mol. The maximum Gasteiger partial charge on any atom is 0.245 e. The van der Waals surface area contributed by atoms with Crippen molar-refractivity contribution in [2.75, 3.05) is 18.0 Å². The number of carbonyl (C=O) groups excluding carboxylic acids is 1. The number of anilines is 1. The molecule has 0 radical (unpaired) electrons. The second-order valence-electron chi connectivity index (χ2n) is 8.10. The second-order valence-corrected chi connectivity index (χ2v) is 10.7. The summed E-state index contributed by atoms with van der Waals surface area (Å²) in [6.45, 7) is 2.03. The first-order chi connectivity index (χ1) is 15.3. The number of hydrogen-bond acceptors (Lipinski definition) is 4. The van der Waals surface area contributed by atoms with Crippen LogP contribution in [0.25, 0.3) is 10.8 Å². The molecule has 3 aromatic carbocycles. The largest absolute Gasteiger partial charge is 0.312 e. The van der Waals surface area contributed by atoms with E-state index in [9.17, 15) is 13.2 Å². The zero-order valence-electron chi connectivity index (χ0n) is 17.1.